The van der Waals surface area contributed by atoms with E-state index in [9.17, 15) is 47.9 Å². The molecule has 3 aliphatic rings. The number of aliphatic hydroxyl groups excluding tert-OH is 1. The van der Waals surface area contributed by atoms with Crippen LogP contribution in [-0.2, 0) is 103 Å². The molecule has 90 heavy (non-hydrogen) atoms. The molecule has 2 N–H and O–H groups in total. The first-order valence-corrected chi connectivity index (χ1v) is 35.6. The summed E-state index contributed by atoms with van der Waals surface area (Å²) in [5.41, 5.74) is 0. The molecule has 3 fully saturated rings. The van der Waals surface area contributed by atoms with Crippen LogP contribution in [-0.4, -0.2) is 229 Å². The van der Waals surface area contributed by atoms with Gasteiger partial charge in [-0.05, 0) is 68.6 Å². The van der Waals surface area contributed by atoms with Gasteiger partial charge in [0.15, 0.2) is 18.9 Å². The maximum Gasteiger partial charge on any atom is 0.472 e. The molecule has 0 aromatic heterocycles. The fourth-order valence-electron chi connectivity index (χ4n) is 10.8. The second-order valence-corrected chi connectivity index (χ2v) is 28.1. The van der Waals surface area contributed by atoms with Crippen molar-refractivity contribution >= 4 is 51.0 Å². The lowest BCUT2D eigenvalue weighted by molar-refractivity contribution is -0.255. The summed E-state index contributed by atoms with van der Waals surface area (Å²) in [6.45, 7) is 26.6. The van der Waals surface area contributed by atoms with Gasteiger partial charge in [-0.3, -0.25) is 42.4 Å². The summed E-state index contributed by atoms with van der Waals surface area (Å²) in [6, 6.07) is 0. The van der Waals surface area contributed by atoms with Crippen LogP contribution in [0.1, 0.15) is 135 Å². The molecule has 524 valence electrons. The van der Waals surface area contributed by atoms with Gasteiger partial charge in [-0.15, -0.1) is 0 Å². The Balaban J connectivity index is 1.58. The summed E-state index contributed by atoms with van der Waals surface area (Å²) >= 11 is 0. The van der Waals surface area contributed by atoms with Crippen molar-refractivity contribution in [3.63, 3.8) is 0 Å². The van der Waals surface area contributed by atoms with Gasteiger partial charge in [0.05, 0.1) is 83.9 Å². The highest BCUT2D eigenvalue weighted by Crippen LogP contribution is 2.45. The molecule has 0 radical (unpaired) electrons. The van der Waals surface area contributed by atoms with E-state index < -0.39 is 65.3 Å². The van der Waals surface area contributed by atoms with E-state index in [-0.39, 0.29) is 226 Å². The average Bonchev–Trinajstić information content (AvgIpc) is 2.13. The topological polar surface area (TPSA) is 316 Å². The standard InChI is InChI=1S/C61H111N3O24P2/c1-40(2)75-32-23-63(57(70)20-17-30-77-60-48(10)42(4)45(7)54(87-60)38-80-51(13)67)24-33-82-89(15,72)83-34-25-64(58(71)21-18-31-78-61-49(11)43(5)46(8)55(88-61)39-81-52(14)68)27-36-85-90(73,74)84-35-26-62(22-28-65)56(69)19-16-29-76-59-47(9)41(3)44(6)53(86-59)37-79-50(12)66/h40-49,53-55,59-61,65H,16-39H2,1-15H3,(H,73,74)/t41-,42-,43-,44+,45+,46+,47?,48?,49?,53?,54?,55?,59+,60+,61+,89?/m0/s1. The number of carbonyl (C=O) groups excluding carboxylic acids is 6. The van der Waals surface area contributed by atoms with Crippen LogP contribution in [0.2, 0.25) is 0 Å². The number of hydrogen-bond donors (Lipinski definition) is 2. The zero-order valence-electron chi connectivity index (χ0n) is 56.3. The van der Waals surface area contributed by atoms with Crippen molar-refractivity contribution in [3.8, 4) is 0 Å². The number of amides is 3. The number of carbonyl (C=O) groups is 6. The Morgan fingerprint density at radius 1 is 0.433 bits per heavy atom. The van der Waals surface area contributed by atoms with Crippen molar-refractivity contribution in [1.29, 1.82) is 0 Å². The van der Waals surface area contributed by atoms with Crippen LogP contribution in [0.5, 0.6) is 0 Å². The summed E-state index contributed by atoms with van der Waals surface area (Å²) in [7, 11) is -8.57. The largest absolute Gasteiger partial charge is 0.472 e. The predicted molar refractivity (Wildman–Crippen MR) is 329 cm³/mol. The van der Waals surface area contributed by atoms with Gasteiger partial charge in [0.1, 0.15) is 19.8 Å². The molecule has 17 atom stereocenters. The summed E-state index contributed by atoms with van der Waals surface area (Å²) < 4.78 is 107. The molecule has 0 bridgehead atoms. The van der Waals surface area contributed by atoms with Gasteiger partial charge in [-0.1, -0.05) is 62.3 Å². The van der Waals surface area contributed by atoms with Gasteiger partial charge in [-0.2, -0.15) is 0 Å². The second-order valence-electron chi connectivity index (χ2n) is 24.5. The van der Waals surface area contributed by atoms with Gasteiger partial charge >= 0.3 is 33.3 Å². The fraction of sp³-hybridized carbons (Fsp3) is 0.902. The van der Waals surface area contributed by atoms with Gasteiger partial charge in [-0.25, -0.2) is 4.57 Å². The van der Waals surface area contributed by atoms with E-state index in [1.54, 1.807) is 4.90 Å². The molecule has 3 saturated heterocycles. The highest BCUT2D eigenvalue weighted by molar-refractivity contribution is 7.53. The van der Waals surface area contributed by atoms with Gasteiger partial charge < -0.3 is 81.1 Å². The normalized spacial score (nSPS) is 28.3. The zero-order chi connectivity index (χ0) is 67.3. The first-order chi connectivity index (χ1) is 42.4. The molecule has 29 heteroatoms. The van der Waals surface area contributed by atoms with Crippen LogP contribution in [0, 0.1) is 53.3 Å². The third kappa shape index (κ3) is 29.6. The van der Waals surface area contributed by atoms with E-state index in [0.29, 0.717) is 12.8 Å². The smallest absolute Gasteiger partial charge is 0.463 e. The van der Waals surface area contributed by atoms with Gasteiger partial charge in [0.2, 0.25) is 17.7 Å². The van der Waals surface area contributed by atoms with Crippen molar-refractivity contribution < 1.29 is 113 Å². The highest BCUT2D eigenvalue weighted by atomic mass is 31.2. The predicted octanol–water partition coefficient (Wildman–Crippen LogP) is 6.86. The number of aliphatic hydroxyl groups is 1. The number of phosphoric acid groups is 1. The Kier molecular flexibility index (Phi) is 37.4. The van der Waals surface area contributed by atoms with Crippen LogP contribution in [0.25, 0.3) is 0 Å². The Morgan fingerprint density at radius 2 is 0.722 bits per heavy atom. The summed E-state index contributed by atoms with van der Waals surface area (Å²) in [4.78, 5) is 90.1. The third-order valence-electron chi connectivity index (χ3n) is 17.6. The molecule has 0 aliphatic carbocycles. The number of nitrogens with zero attached hydrogens (tertiary/aromatic N) is 3. The van der Waals surface area contributed by atoms with Crippen molar-refractivity contribution in [2.24, 2.45) is 53.3 Å². The Morgan fingerprint density at radius 3 is 1.01 bits per heavy atom. The Bertz CT molecular complexity index is 2250. The quantitative estimate of drug-likeness (QED) is 0.0272. The molecule has 3 amide bonds. The first-order valence-electron chi connectivity index (χ1n) is 32.1. The number of esters is 3. The lowest BCUT2D eigenvalue weighted by Crippen LogP contribution is -2.48. The molecule has 0 saturated carbocycles. The van der Waals surface area contributed by atoms with Crippen LogP contribution < -0.4 is 0 Å². The monoisotopic (exact) mass is 1330 g/mol. The first kappa shape index (κ1) is 81.0. The van der Waals surface area contributed by atoms with E-state index >= 15 is 0 Å². The highest BCUT2D eigenvalue weighted by Gasteiger charge is 2.43. The SMILES string of the molecule is CC(=O)OCC1O[C@@H](OCCCC(=O)N(CCOC(C)C)CCOP(C)(=O)OCCN(CCOP(=O)(O)OCCN(CCO)C(=O)CCCO[C@@H]2OC(COC(C)=O)[C@H](C)[C@H](C)C2C)C(=O)CCCO[C@@H]2OC(COC(C)=O)[C@H](C)[C@H](C)C2C)C(C)[C@@H](C)[C@H]1C. The molecule has 3 heterocycles. The van der Waals surface area contributed by atoms with Gasteiger partial charge in [0.25, 0.3) is 0 Å². The minimum Gasteiger partial charge on any atom is -0.463 e. The fourth-order valence-corrected chi connectivity index (χ4v) is 12.4. The van der Waals surface area contributed by atoms with Crippen LogP contribution in [0.15, 0.2) is 0 Å². The van der Waals surface area contributed by atoms with E-state index in [4.69, 9.17) is 65.5 Å². The van der Waals surface area contributed by atoms with E-state index in [2.05, 4.69) is 27.7 Å². The number of hydrogen-bond acceptors (Lipinski definition) is 23. The Hall–Kier alpha value is -3.24. The lowest BCUT2D eigenvalue weighted by atomic mass is 9.79. The molecule has 27 nitrogen and oxygen atoms in total. The summed E-state index contributed by atoms with van der Waals surface area (Å²) in [5.74, 6) is -1.17. The molecular formula is C61H111N3O24P2. The van der Waals surface area contributed by atoms with Crippen molar-refractivity contribution in [2.75, 3.05) is 125 Å². The maximum absolute atomic E-state index is 13.9. The number of phosphoric ester groups is 1. The zero-order valence-corrected chi connectivity index (χ0v) is 58.1. The van der Waals surface area contributed by atoms with Crippen LogP contribution >= 0.6 is 15.4 Å². The molecule has 3 aliphatic heterocycles. The number of ether oxygens (including phenoxy) is 10. The summed E-state index contributed by atoms with van der Waals surface area (Å²) in [5, 5.41) is 9.74. The minimum atomic E-state index is -4.77. The van der Waals surface area contributed by atoms with Gasteiger partial charge in [0, 0.05) is 104 Å². The second kappa shape index (κ2) is 41.6. The van der Waals surface area contributed by atoms with E-state index in [0.717, 1.165) is 0 Å². The molecule has 0 aromatic carbocycles. The molecule has 0 aromatic rings. The maximum atomic E-state index is 13.9. The van der Waals surface area contributed by atoms with E-state index in [1.165, 1.54) is 37.2 Å². The molecule has 0 spiro atoms. The Labute approximate surface area is 534 Å². The van der Waals surface area contributed by atoms with Crippen molar-refractivity contribution in [1.82, 2.24) is 14.7 Å². The van der Waals surface area contributed by atoms with Crippen LogP contribution in [0.4, 0.5) is 0 Å². The van der Waals surface area contributed by atoms with Crippen LogP contribution in [0.3, 0.4) is 0 Å². The average molecular weight is 1330 g/mol. The number of rotatable bonds is 43. The minimum absolute atomic E-state index is 0.0119. The lowest BCUT2D eigenvalue weighted by Gasteiger charge is -2.43. The molecule has 3 rings (SSSR count). The summed E-state index contributed by atoms with van der Waals surface area (Å²) in [6.07, 6.45) is -1.83. The van der Waals surface area contributed by atoms with E-state index in [1.807, 2.05) is 48.5 Å². The molecular weight excluding hydrogens is 1220 g/mol. The third-order valence-corrected chi connectivity index (χ3v) is 19.9. The molecule has 8 unspecified atom stereocenters. The van der Waals surface area contributed by atoms with Crippen molar-refractivity contribution in [2.45, 2.75) is 179 Å². The van der Waals surface area contributed by atoms with Crippen molar-refractivity contribution in [3.05, 3.63) is 0 Å².